The predicted molar refractivity (Wildman–Crippen MR) is 83.2 cm³/mol. The molecule has 1 aromatic heterocycles. The summed E-state index contributed by atoms with van der Waals surface area (Å²) < 4.78 is 10.7. The maximum absolute atomic E-state index is 12.1. The molecule has 0 radical (unpaired) electrons. The van der Waals surface area contributed by atoms with Crippen LogP contribution in [-0.4, -0.2) is 58.8 Å². The van der Waals surface area contributed by atoms with Crippen LogP contribution in [0.25, 0.3) is 0 Å². The van der Waals surface area contributed by atoms with Gasteiger partial charge in [-0.15, -0.1) is 10.2 Å². The van der Waals surface area contributed by atoms with Crippen LogP contribution in [0.2, 0.25) is 0 Å². The van der Waals surface area contributed by atoms with E-state index >= 15 is 0 Å². The highest BCUT2D eigenvalue weighted by atomic mass is 16.6. The molecule has 1 aliphatic heterocycles. The number of rotatable bonds is 4. The van der Waals surface area contributed by atoms with Gasteiger partial charge in [-0.1, -0.05) is 18.2 Å². The van der Waals surface area contributed by atoms with Gasteiger partial charge < -0.3 is 14.1 Å². The Morgan fingerprint density at radius 3 is 2.57 bits per heavy atom. The molecule has 2 aromatic rings. The normalized spacial score (nSPS) is 15.6. The number of hydrogen-bond donors (Lipinski definition) is 0. The Hall–Kier alpha value is -2.41. The fourth-order valence-electron chi connectivity index (χ4n) is 2.50. The Labute approximate surface area is 134 Å². The molecule has 2 heterocycles. The van der Waals surface area contributed by atoms with Gasteiger partial charge in [-0.3, -0.25) is 4.90 Å². The van der Waals surface area contributed by atoms with Crippen molar-refractivity contribution < 1.29 is 13.9 Å². The number of para-hydroxylation sites is 1. The minimum Gasteiger partial charge on any atom is -0.426 e. The Bertz CT molecular complexity index is 636. The monoisotopic (exact) mass is 316 g/mol. The number of carbonyl (C=O) groups excluding carboxylic acids is 1. The van der Waals surface area contributed by atoms with Gasteiger partial charge in [-0.2, -0.15) is 0 Å². The van der Waals surface area contributed by atoms with Gasteiger partial charge in [0.05, 0.1) is 0 Å². The topological polar surface area (TPSA) is 71.7 Å². The molecule has 0 atom stereocenters. The third-order valence-electron chi connectivity index (χ3n) is 3.79. The van der Waals surface area contributed by atoms with Crippen molar-refractivity contribution in [2.24, 2.45) is 0 Å². The van der Waals surface area contributed by atoms with E-state index in [0.29, 0.717) is 30.6 Å². The summed E-state index contributed by atoms with van der Waals surface area (Å²) >= 11 is 0. The predicted octanol–water partition coefficient (Wildman–Crippen LogP) is 1.74. The van der Waals surface area contributed by atoms with Crippen molar-refractivity contribution >= 4 is 6.09 Å². The average Bonchev–Trinajstić information content (AvgIpc) is 3.00. The van der Waals surface area contributed by atoms with Crippen LogP contribution in [0.15, 0.2) is 34.7 Å². The second-order valence-electron chi connectivity index (χ2n) is 5.47. The highest BCUT2D eigenvalue weighted by Gasteiger charge is 2.22. The van der Waals surface area contributed by atoms with Crippen LogP contribution < -0.4 is 4.74 Å². The largest absolute Gasteiger partial charge is 0.426 e. The number of piperazine rings is 1. The van der Waals surface area contributed by atoms with Crippen LogP contribution in [0.5, 0.6) is 5.75 Å². The summed E-state index contributed by atoms with van der Waals surface area (Å²) in [6.45, 7) is 5.59. The van der Waals surface area contributed by atoms with Crippen LogP contribution in [0.3, 0.4) is 0 Å². The van der Waals surface area contributed by atoms with Gasteiger partial charge in [-0.05, 0) is 12.1 Å². The number of benzene rings is 1. The Morgan fingerprint density at radius 2 is 1.91 bits per heavy atom. The molecule has 1 fully saturated rings. The molecule has 7 heteroatoms. The fraction of sp³-hybridized carbons (Fsp3) is 0.438. The molecule has 23 heavy (non-hydrogen) atoms. The van der Waals surface area contributed by atoms with Gasteiger partial charge in [0.1, 0.15) is 5.75 Å². The number of amides is 1. The molecule has 122 valence electrons. The molecule has 1 aliphatic rings. The molecule has 0 spiro atoms. The summed E-state index contributed by atoms with van der Waals surface area (Å²) in [5.74, 6) is 1.83. The van der Waals surface area contributed by atoms with Crippen molar-refractivity contribution in [2.75, 3.05) is 32.7 Å². The maximum atomic E-state index is 12.1. The lowest BCUT2D eigenvalue weighted by molar-refractivity contribution is 0.110. The van der Waals surface area contributed by atoms with Gasteiger partial charge in [0, 0.05) is 46.1 Å². The summed E-state index contributed by atoms with van der Waals surface area (Å²) in [5, 5.41) is 7.81. The van der Waals surface area contributed by atoms with Crippen molar-refractivity contribution in [3.63, 3.8) is 0 Å². The van der Waals surface area contributed by atoms with Crippen LogP contribution >= 0.6 is 0 Å². The molecule has 1 saturated heterocycles. The Balaban J connectivity index is 1.42. The first-order chi connectivity index (χ1) is 11.2. The number of aromatic nitrogens is 2. The highest BCUT2D eigenvalue weighted by molar-refractivity contribution is 5.70. The van der Waals surface area contributed by atoms with Crippen LogP contribution in [0, 0.1) is 6.92 Å². The van der Waals surface area contributed by atoms with Crippen molar-refractivity contribution in [3.05, 3.63) is 42.1 Å². The summed E-state index contributed by atoms with van der Waals surface area (Å²) in [4.78, 5) is 16.1. The minimum atomic E-state index is -0.289. The SMILES string of the molecule is Cc1nnc(CCN2CCN(C(=O)Oc3ccccc3)CC2)o1. The van der Waals surface area contributed by atoms with Crippen molar-refractivity contribution in [1.29, 1.82) is 0 Å². The Kier molecular flexibility index (Phi) is 4.87. The fourth-order valence-corrected chi connectivity index (χ4v) is 2.50. The number of nitrogens with zero attached hydrogens (tertiary/aromatic N) is 4. The standard InChI is InChI=1S/C16H20N4O3/c1-13-17-18-15(22-13)7-8-19-9-11-20(12-10-19)16(21)23-14-5-3-2-4-6-14/h2-6H,7-12H2,1H3. The highest BCUT2D eigenvalue weighted by Crippen LogP contribution is 2.12. The number of aryl methyl sites for hydroxylation is 1. The van der Waals surface area contributed by atoms with Crippen LogP contribution in [0.4, 0.5) is 4.79 Å². The third-order valence-corrected chi connectivity index (χ3v) is 3.79. The zero-order chi connectivity index (χ0) is 16.1. The molecule has 0 N–H and O–H groups in total. The lowest BCUT2D eigenvalue weighted by atomic mass is 10.3. The molecule has 0 saturated carbocycles. The average molecular weight is 316 g/mol. The van der Waals surface area contributed by atoms with Gasteiger partial charge in [0.2, 0.25) is 11.8 Å². The van der Waals surface area contributed by atoms with E-state index < -0.39 is 0 Å². The molecular weight excluding hydrogens is 296 g/mol. The molecule has 3 rings (SSSR count). The van der Waals surface area contributed by atoms with Gasteiger partial charge in [0.25, 0.3) is 0 Å². The van der Waals surface area contributed by atoms with E-state index in [2.05, 4.69) is 15.1 Å². The maximum Gasteiger partial charge on any atom is 0.415 e. The number of hydrogen-bond acceptors (Lipinski definition) is 6. The lowest BCUT2D eigenvalue weighted by Crippen LogP contribution is -2.49. The molecule has 0 unspecified atom stereocenters. The van der Waals surface area contributed by atoms with Crippen molar-refractivity contribution in [3.8, 4) is 5.75 Å². The molecule has 0 bridgehead atoms. The van der Waals surface area contributed by atoms with E-state index in [1.807, 2.05) is 18.2 Å². The van der Waals surface area contributed by atoms with E-state index in [-0.39, 0.29) is 6.09 Å². The van der Waals surface area contributed by atoms with E-state index in [0.717, 1.165) is 26.1 Å². The van der Waals surface area contributed by atoms with E-state index in [4.69, 9.17) is 9.15 Å². The van der Waals surface area contributed by atoms with Crippen molar-refractivity contribution in [2.45, 2.75) is 13.3 Å². The zero-order valence-corrected chi connectivity index (χ0v) is 13.1. The van der Waals surface area contributed by atoms with E-state index in [1.165, 1.54) is 0 Å². The Morgan fingerprint density at radius 1 is 1.17 bits per heavy atom. The number of carbonyl (C=O) groups is 1. The van der Waals surface area contributed by atoms with Crippen LogP contribution in [0.1, 0.15) is 11.8 Å². The van der Waals surface area contributed by atoms with E-state index in [9.17, 15) is 4.79 Å². The molecule has 1 amide bonds. The quantitative estimate of drug-likeness (QED) is 0.855. The zero-order valence-electron chi connectivity index (χ0n) is 13.1. The second kappa shape index (κ2) is 7.23. The van der Waals surface area contributed by atoms with Gasteiger partial charge >= 0.3 is 6.09 Å². The van der Waals surface area contributed by atoms with Crippen LogP contribution in [-0.2, 0) is 6.42 Å². The summed E-state index contributed by atoms with van der Waals surface area (Å²) in [6, 6.07) is 9.14. The third kappa shape index (κ3) is 4.29. The minimum absolute atomic E-state index is 0.289. The van der Waals surface area contributed by atoms with Crippen molar-refractivity contribution in [1.82, 2.24) is 20.0 Å². The molecule has 7 nitrogen and oxygen atoms in total. The van der Waals surface area contributed by atoms with Gasteiger partial charge in [0.15, 0.2) is 0 Å². The van der Waals surface area contributed by atoms with E-state index in [1.54, 1.807) is 24.0 Å². The van der Waals surface area contributed by atoms with Gasteiger partial charge in [-0.25, -0.2) is 4.79 Å². The summed E-state index contributed by atoms with van der Waals surface area (Å²) in [5.41, 5.74) is 0. The molecule has 0 aliphatic carbocycles. The first-order valence-electron chi connectivity index (χ1n) is 7.74. The first kappa shape index (κ1) is 15.5. The summed E-state index contributed by atoms with van der Waals surface area (Å²) in [7, 11) is 0. The smallest absolute Gasteiger partial charge is 0.415 e. The summed E-state index contributed by atoms with van der Waals surface area (Å²) in [6.07, 6.45) is 0.443. The first-order valence-corrected chi connectivity index (χ1v) is 7.74. The second-order valence-corrected chi connectivity index (χ2v) is 5.47. The lowest BCUT2D eigenvalue weighted by Gasteiger charge is -2.33. The number of ether oxygens (including phenoxy) is 1. The molecular formula is C16H20N4O3. The molecule has 1 aromatic carbocycles.